The number of hydrogen-bond acceptors (Lipinski definition) is 3. The van der Waals surface area contributed by atoms with Gasteiger partial charge in [0, 0.05) is 18.1 Å². The highest BCUT2D eigenvalue weighted by Crippen LogP contribution is 2.38. The van der Waals surface area contributed by atoms with Crippen LogP contribution in [0.3, 0.4) is 0 Å². The highest BCUT2D eigenvalue weighted by molar-refractivity contribution is 5.78. The minimum absolute atomic E-state index is 0.180. The van der Waals surface area contributed by atoms with Gasteiger partial charge in [-0.25, -0.2) is 0 Å². The second-order valence-electron chi connectivity index (χ2n) is 7.63. The molecule has 21 heavy (non-hydrogen) atoms. The van der Waals surface area contributed by atoms with Gasteiger partial charge in [-0.2, -0.15) is 0 Å². The average Bonchev–Trinajstić information content (AvgIpc) is 2.85. The standard InChI is InChI=1S/C17H32N2O2/c1-12(2)18-17(4,16(20)21)11-13(3)19-10-6-8-14-7-5-9-15(14)19/h12-15,18H,5-11H2,1-4H3,(H,20,21). The molecule has 1 heterocycles. The predicted octanol–water partition coefficient (Wildman–Crippen LogP) is 2.87. The minimum atomic E-state index is -0.834. The summed E-state index contributed by atoms with van der Waals surface area (Å²) in [5, 5.41) is 12.9. The summed E-state index contributed by atoms with van der Waals surface area (Å²) in [6.45, 7) is 9.21. The molecule has 0 radical (unpaired) electrons. The molecule has 2 N–H and O–H groups in total. The van der Waals surface area contributed by atoms with Gasteiger partial charge in [0.15, 0.2) is 0 Å². The number of likely N-dealkylation sites (tertiary alicyclic amines) is 1. The van der Waals surface area contributed by atoms with Crippen molar-refractivity contribution >= 4 is 5.97 Å². The molecule has 4 unspecified atom stereocenters. The normalized spacial score (nSPS) is 30.9. The van der Waals surface area contributed by atoms with Crippen LogP contribution in [0.4, 0.5) is 0 Å². The monoisotopic (exact) mass is 296 g/mol. The van der Waals surface area contributed by atoms with E-state index in [9.17, 15) is 9.90 Å². The van der Waals surface area contributed by atoms with E-state index in [1.807, 2.05) is 20.8 Å². The minimum Gasteiger partial charge on any atom is -0.480 e. The summed E-state index contributed by atoms with van der Waals surface area (Å²) in [4.78, 5) is 14.3. The van der Waals surface area contributed by atoms with Crippen molar-refractivity contribution in [2.75, 3.05) is 6.54 Å². The summed E-state index contributed by atoms with van der Waals surface area (Å²) in [7, 11) is 0. The number of carboxylic acid groups (broad SMARTS) is 1. The van der Waals surface area contributed by atoms with Crippen molar-refractivity contribution in [3.8, 4) is 0 Å². The molecule has 4 heteroatoms. The summed E-state index contributed by atoms with van der Waals surface area (Å²) in [5.41, 5.74) is -0.834. The molecule has 1 saturated carbocycles. The fourth-order valence-electron chi connectivity index (χ4n) is 4.59. The number of aliphatic carboxylic acids is 1. The molecule has 0 spiro atoms. The molecule has 122 valence electrons. The lowest BCUT2D eigenvalue weighted by Gasteiger charge is -2.44. The number of nitrogens with one attached hydrogen (secondary N) is 1. The molecule has 0 aromatic heterocycles. The van der Waals surface area contributed by atoms with Gasteiger partial charge in [0.25, 0.3) is 0 Å². The van der Waals surface area contributed by atoms with Crippen LogP contribution in [0.25, 0.3) is 0 Å². The third kappa shape index (κ3) is 3.78. The lowest BCUT2D eigenvalue weighted by atomic mass is 9.87. The Hall–Kier alpha value is -0.610. The van der Waals surface area contributed by atoms with Gasteiger partial charge in [0.05, 0.1) is 0 Å². The molecule has 0 bridgehead atoms. The van der Waals surface area contributed by atoms with E-state index in [0.717, 1.165) is 12.5 Å². The van der Waals surface area contributed by atoms with E-state index in [1.165, 1.54) is 32.1 Å². The number of nitrogens with zero attached hydrogens (tertiary/aromatic N) is 1. The molecule has 2 aliphatic rings. The van der Waals surface area contributed by atoms with Crippen LogP contribution in [-0.2, 0) is 4.79 Å². The predicted molar refractivity (Wildman–Crippen MR) is 85.5 cm³/mol. The van der Waals surface area contributed by atoms with E-state index < -0.39 is 11.5 Å². The Balaban J connectivity index is 2.04. The highest BCUT2D eigenvalue weighted by atomic mass is 16.4. The van der Waals surface area contributed by atoms with Gasteiger partial charge in [-0.05, 0) is 72.3 Å². The lowest BCUT2D eigenvalue weighted by molar-refractivity contribution is -0.145. The zero-order chi connectivity index (χ0) is 15.6. The highest BCUT2D eigenvalue weighted by Gasteiger charge is 2.41. The molecule has 4 atom stereocenters. The van der Waals surface area contributed by atoms with Gasteiger partial charge >= 0.3 is 5.97 Å². The largest absolute Gasteiger partial charge is 0.480 e. The van der Waals surface area contributed by atoms with Crippen molar-refractivity contribution in [1.82, 2.24) is 10.2 Å². The van der Waals surface area contributed by atoms with Crippen LogP contribution in [0.5, 0.6) is 0 Å². The van der Waals surface area contributed by atoms with Gasteiger partial charge in [-0.15, -0.1) is 0 Å². The Kier molecular flexibility index (Phi) is 5.31. The first-order valence-corrected chi connectivity index (χ1v) is 8.60. The molecule has 4 nitrogen and oxygen atoms in total. The Morgan fingerprint density at radius 2 is 1.95 bits per heavy atom. The third-order valence-electron chi connectivity index (χ3n) is 5.39. The molecule has 0 aromatic rings. The van der Waals surface area contributed by atoms with E-state index in [1.54, 1.807) is 0 Å². The van der Waals surface area contributed by atoms with Gasteiger partial charge in [-0.3, -0.25) is 15.0 Å². The van der Waals surface area contributed by atoms with Crippen molar-refractivity contribution in [2.45, 2.75) is 89.9 Å². The molecule has 0 amide bonds. The quantitative estimate of drug-likeness (QED) is 0.791. The summed E-state index contributed by atoms with van der Waals surface area (Å²) < 4.78 is 0. The lowest BCUT2D eigenvalue weighted by Crippen LogP contribution is -2.57. The molecule has 1 saturated heterocycles. The SMILES string of the molecule is CC(C)NC(C)(CC(C)N1CCCC2CCCC21)C(=O)O. The van der Waals surface area contributed by atoms with Gasteiger partial charge in [-0.1, -0.05) is 6.42 Å². The molecule has 2 rings (SSSR count). The molecule has 1 aliphatic carbocycles. The first kappa shape index (κ1) is 16.8. The third-order valence-corrected chi connectivity index (χ3v) is 5.39. The Bertz CT molecular complexity index is 372. The van der Waals surface area contributed by atoms with Crippen LogP contribution in [0.15, 0.2) is 0 Å². The first-order valence-electron chi connectivity index (χ1n) is 8.60. The van der Waals surface area contributed by atoms with Crippen LogP contribution in [-0.4, -0.2) is 46.2 Å². The van der Waals surface area contributed by atoms with Crippen LogP contribution >= 0.6 is 0 Å². The number of fused-ring (bicyclic) bond motifs is 1. The summed E-state index contributed by atoms with van der Waals surface area (Å²) in [6, 6.07) is 1.20. The maximum absolute atomic E-state index is 11.7. The second-order valence-corrected chi connectivity index (χ2v) is 7.63. The van der Waals surface area contributed by atoms with Crippen LogP contribution < -0.4 is 5.32 Å². The second kappa shape index (κ2) is 6.66. The van der Waals surface area contributed by atoms with Gasteiger partial charge in [0.2, 0.25) is 0 Å². The van der Waals surface area contributed by atoms with Crippen LogP contribution in [0, 0.1) is 5.92 Å². The summed E-state index contributed by atoms with van der Waals surface area (Å²) in [5.74, 6) is 0.123. The summed E-state index contributed by atoms with van der Waals surface area (Å²) >= 11 is 0. The van der Waals surface area contributed by atoms with Crippen LogP contribution in [0.1, 0.15) is 66.2 Å². The zero-order valence-corrected chi connectivity index (χ0v) is 14.1. The Morgan fingerprint density at radius 1 is 1.29 bits per heavy atom. The van der Waals surface area contributed by atoms with E-state index in [4.69, 9.17) is 0 Å². The molecule has 2 fully saturated rings. The van der Waals surface area contributed by atoms with E-state index >= 15 is 0 Å². The van der Waals surface area contributed by atoms with Gasteiger partial charge in [0.1, 0.15) is 5.54 Å². The van der Waals surface area contributed by atoms with E-state index in [2.05, 4.69) is 17.1 Å². The fraction of sp³-hybridized carbons (Fsp3) is 0.941. The summed E-state index contributed by atoms with van der Waals surface area (Å²) in [6.07, 6.45) is 7.33. The first-order chi connectivity index (χ1) is 9.83. The number of piperidine rings is 1. The van der Waals surface area contributed by atoms with Crippen molar-refractivity contribution in [3.63, 3.8) is 0 Å². The molecule has 0 aromatic carbocycles. The number of carboxylic acids is 1. The zero-order valence-electron chi connectivity index (χ0n) is 14.1. The van der Waals surface area contributed by atoms with Crippen molar-refractivity contribution in [3.05, 3.63) is 0 Å². The van der Waals surface area contributed by atoms with E-state index in [-0.39, 0.29) is 6.04 Å². The van der Waals surface area contributed by atoms with Crippen LogP contribution in [0.2, 0.25) is 0 Å². The van der Waals surface area contributed by atoms with Crippen molar-refractivity contribution < 1.29 is 9.90 Å². The number of hydrogen-bond donors (Lipinski definition) is 2. The Morgan fingerprint density at radius 3 is 2.57 bits per heavy atom. The molecule has 1 aliphatic heterocycles. The number of rotatable bonds is 6. The smallest absolute Gasteiger partial charge is 0.323 e. The van der Waals surface area contributed by atoms with Crippen molar-refractivity contribution in [2.24, 2.45) is 5.92 Å². The maximum atomic E-state index is 11.7. The van der Waals surface area contributed by atoms with Gasteiger partial charge < -0.3 is 5.11 Å². The topological polar surface area (TPSA) is 52.6 Å². The number of carbonyl (C=O) groups is 1. The maximum Gasteiger partial charge on any atom is 0.323 e. The fourth-order valence-corrected chi connectivity index (χ4v) is 4.59. The van der Waals surface area contributed by atoms with E-state index in [0.29, 0.717) is 18.5 Å². The molecular weight excluding hydrogens is 264 g/mol. The average molecular weight is 296 g/mol. The molecular formula is C17H32N2O2. The Labute approximate surface area is 129 Å². The van der Waals surface area contributed by atoms with Crippen molar-refractivity contribution in [1.29, 1.82) is 0 Å².